The minimum atomic E-state index is -1.70. The van der Waals surface area contributed by atoms with Gasteiger partial charge < -0.3 is 78.7 Å². The third-order valence-electron chi connectivity index (χ3n) is 18.2. The standard InChI is InChI=1S/C45H74O16/c1-19-9-14-45(54-18-19)20(2)30-28(61-45)16-27-25-8-7-23-15-24(10-12-43(23,5)26(25)11-13-44(27,30)6)57-42-39(60-41-36(52)34(50)32(48)22(4)56-41)37(53)38(29(17-46)58-42)59-40-35(51)33(49)31(47)21(3)55-40/h19-42,46-53H,7-18H2,1-6H3/t19-,20?,21+,22+,23+,24+,25?,26?,27?,28?,29-,30?,31+,32+,33-,34-,35-,36-,37+,38-,39-,40+,41+,42-,43+,44+,45-/m1/s1. The first-order valence-corrected chi connectivity index (χ1v) is 23.5. The summed E-state index contributed by atoms with van der Waals surface area (Å²) in [5.74, 6) is 3.27. The van der Waals surface area contributed by atoms with Gasteiger partial charge in [0.1, 0.15) is 61.0 Å². The lowest BCUT2D eigenvalue weighted by Crippen LogP contribution is -2.66. The van der Waals surface area contributed by atoms with E-state index in [2.05, 4.69) is 27.7 Å². The van der Waals surface area contributed by atoms with Crippen LogP contribution in [0, 0.1) is 52.3 Å². The maximum atomic E-state index is 12.0. The highest BCUT2D eigenvalue weighted by Gasteiger charge is 2.69. The van der Waals surface area contributed by atoms with Crippen molar-refractivity contribution in [3.63, 3.8) is 0 Å². The van der Waals surface area contributed by atoms with Crippen LogP contribution in [-0.4, -0.2) is 164 Å². The summed E-state index contributed by atoms with van der Waals surface area (Å²) in [6.45, 7) is 12.9. The van der Waals surface area contributed by atoms with Crippen LogP contribution < -0.4 is 0 Å². The molecular weight excluding hydrogens is 796 g/mol. The molecule has 9 aliphatic rings. The van der Waals surface area contributed by atoms with Crippen molar-refractivity contribution in [2.45, 2.75) is 216 Å². The average Bonchev–Trinajstić information content (AvgIpc) is 3.69. The molecule has 16 heteroatoms. The second-order valence-corrected chi connectivity index (χ2v) is 21.5. The molecule has 9 fully saturated rings. The average molecular weight is 871 g/mol. The van der Waals surface area contributed by atoms with Crippen molar-refractivity contribution in [2.75, 3.05) is 13.2 Å². The summed E-state index contributed by atoms with van der Waals surface area (Å²) >= 11 is 0. The van der Waals surface area contributed by atoms with Gasteiger partial charge in [-0.2, -0.15) is 0 Å². The van der Waals surface area contributed by atoms with Crippen molar-refractivity contribution in [2.24, 2.45) is 52.3 Å². The second kappa shape index (κ2) is 16.9. The van der Waals surface area contributed by atoms with E-state index in [4.69, 9.17) is 37.9 Å². The van der Waals surface area contributed by atoms with Crippen LogP contribution in [0.25, 0.3) is 0 Å². The summed E-state index contributed by atoms with van der Waals surface area (Å²) in [4.78, 5) is 0. The van der Waals surface area contributed by atoms with Gasteiger partial charge in [0.2, 0.25) is 0 Å². The van der Waals surface area contributed by atoms with Crippen molar-refractivity contribution in [1.82, 2.24) is 0 Å². The predicted octanol–water partition coefficient (Wildman–Crippen LogP) is 1.32. The lowest BCUT2D eigenvalue weighted by molar-refractivity contribution is -0.389. The van der Waals surface area contributed by atoms with E-state index in [0.717, 1.165) is 58.0 Å². The number of aliphatic hydroxyl groups excluding tert-OH is 8. The molecule has 0 bridgehead atoms. The first-order valence-electron chi connectivity index (χ1n) is 23.5. The van der Waals surface area contributed by atoms with Gasteiger partial charge in [0, 0.05) is 12.3 Å². The Hall–Kier alpha value is -0.640. The Bertz CT molecular complexity index is 1530. The highest BCUT2D eigenvalue weighted by Crippen LogP contribution is 2.71. The van der Waals surface area contributed by atoms with Gasteiger partial charge >= 0.3 is 0 Å². The summed E-state index contributed by atoms with van der Waals surface area (Å²) in [7, 11) is 0. The van der Waals surface area contributed by atoms with Gasteiger partial charge in [-0.05, 0) is 118 Å². The highest BCUT2D eigenvalue weighted by molar-refractivity contribution is 5.15. The van der Waals surface area contributed by atoms with Crippen LogP contribution in [0.5, 0.6) is 0 Å². The van der Waals surface area contributed by atoms with Gasteiger partial charge in [-0.25, -0.2) is 0 Å². The summed E-state index contributed by atoms with van der Waals surface area (Å²) < 4.78 is 50.3. The molecule has 1 spiro atoms. The molecule has 16 nitrogen and oxygen atoms in total. The number of aliphatic hydroxyl groups is 8. The lowest BCUT2D eigenvalue weighted by Gasteiger charge is -2.61. The topological polar surface area (TPSA) is 236 Å². The van der Waals surface area contributed by atoms with Crippen molar-refractivity contribution in [1.29, 1.82) is 0 Å². The Morgan fingerprint density at radius 2 is 1.23 bits per heavy atom. The first kappa shape index (κ1) is 45.5. The molecule has 27 atom stereocenters. The van der Waals surface area contributed by atoms with Crippen molar-refractivity contribution >= 4 is 0 Å². The van der Waals surface area contributed by atoms with Crippen LogP contribution in [0.15, 0.2) is 0 Å². The minimum Gasteiger partial charge on any atom is -0.394 e. The normalized spacial score (nSPS) is 59.7. The number of hydrogen-bond acceptors (Lipinski definition) is 16. The zero-order chi connectivity index (χ0) is 43.5. The van der Waals surface area contributed by atoms with Gasteiger partial charge in [-0.3, -0.25) is 0 Å². The molecule has 0 aromatic carbocycles. The summed E-state index contributed by atoms with van der Waals surface area (Å²) in [6.07, 6.45) is -11.0. The Balaban J connectivity index is 0.897. The van der Waals surface area contributed by atoms with Crippen molar-refractivity contribution in [3.05, 3.63) is 0 Å². The summed E-state index contributed by atoms with van der Waals surface area (Å²) in [5, 5.41) is 85.9. The van der Waals surface area contributed by atoms with Crippen molar-refractivity contribution < 1.29 is 78.7 Å². The smallest absolute Gasteiger partial charge is 0.187 e. The van der Waals surface area contributed by atoms with Gasteiger partial charge in [0.25, 0.3) is 0 Å². The Labute approximate surface area is 359 Å². The Morgan fingerprint density at radius 3 is 1.85 bits per heavy atom. The van der Waals surface area contributed by atoms with Crippen LogP contribution in [0.4, 0.5) is 0 Å². The molecule has 9 rings (SSSR count). The molecule has 5 aliphatic heterocycles. The van der Waals surface area contributed by atoms with E-state index in [1.807, 2.05) is 0 Å². The Morgan fingerprint density at radius 1 is 0.590 bits per heavy atom. The van der Waals surface area contributed by atoms with Gasteiger partial charge in [0.15, 0.2) is 24.7 Å². The van der Waals surface area contributed by atoms with E-state index in [1.54, 1.807) is 0 Å². The first-order chi connectivity index (χ1) is 28.9. The predicted molar refractivity (Wildman–Crippen MR) is 213 cm³/mol. The molecule has 61 heavy (non-hydrogen) atoms. The van der Waals surface area contributed by atoms with E-state index in [-0.39, 0.29) is 23.0 Å². The van der Waals surface area contributed by atoms with E-state index >= 15 is 0 Å². The molecule has 350 valence electrons. The van der Waals surface area contributed by atoms with Crippen LogP contribution in [-0.2, 0) is 37.9 Å². The van der Waals surface area contributed by atoms with Crippen LogP contribution in [0.2, 0.25) is 0 Å². The van der Waals surface area contributed by atoms with E-state index in [1.165, 1.54) is 26.7 Å². The minimum absolute atomic E-state index is 0.122. The number of ether oxygens (including phenoxy) is 8. The monoisotopic (exact) mass is 870 g/mol. The van der Waals surface area contributed by atoms with E-state index in [9.17, 15) is 40.9 Å². The SMILES string of the molecule is CC1C2C(CC3C4CC[C@H]5C[C@@H](O[C@@H]6O[C@H](CO)[C@@H](O[C@@H]7O[C@@H](C)[C@H](O)[C@@H](O)[C@H]7O)[C@H](O)[C@H]6O[C@@H]6O[C@@H](C)[C@H](O)[C@@H](O)[C@H]6O)CC[C@]5(C)C4CC[C@@]32C)O[C@]12CC[C@@H](C)CO2. The zero-order valence-electron chi connectivity index (χ0n) is 36.7. The quantitative estimate of drug-likeness (QED) is 0.169. The molecule has 0 aromatic rings. The van der Waals surface area contributed by atoms with Crippen LogP contribution in [0.1, 0.15) is 106 Å². The zero-order valence-corrected chi connectivity index (χ0v) is 36.7. The maximum Gasteiger partial charge on any atom is 0.187 e. The van der Waals surface area contributed by atoms with Gasteiger partial charge in [-0.1, -0.05) is 27.7 Å². The van der Waals surface area contributed by atoms with Crippen molar-refractivity contribution in [3.8, 4) is 0 Å². The fourth-order valence-corrected chi connectivity index (χ4v) is 14.6. The van der Waals surface area contributed by atoms with Crippen LogP contribution in [0.3, 0.4) is 0 Å². The summed E-state index contributed by atoms with van der Waals surface area (Å²) in [5.41, 5.74) is 0.350. The molecule has 5 saturated heterocycles. The molecule has 4 aliphatic carbocycles. The maximum absolute atomic E-state index is 12.0. The largest absolute Gasteiger partial charge is 0.394 e. The molecule has 0 amide bonds. The molecule has 4 saturated carbocycles. The number of hydrogen-bond donors (Lipinski definition) is 8. The Kier molecular flexibility index (Phi) is 12.6. The van der Waals surface area contributed by atoms with E-state index in [0.29, 0.717) is 41.4 Å². The number of rotatable bonds is 7. The van der Waals surface area contributed by atoms with Crippen LogP contribution >= 0.6 is 0 Å². The van der Waals surface area contributed by atoms with Gasteiger partial charge in [-0.15, -0.1) is 0 Å². The number of fused-ring (bicyclic) bond motifs is 7. The highest BCUT2D eigenvalue weighted by atomic mass is 16.8. The fraction of sp³-hybridized carbons (Fsp3) is 1.00. The molecule has 8 N–H and O–H groups in total. The molecular formula is C45H74O16. The molecule has 0 aromatic heterocycles. The molecule has 6 unspecified atom stereocenters. The van der Waals surface area contributed by atoms with E-state index < -0.39 is 105 Å². The molecule has 0 radical (unpaired) electrons. The van der Waals surface area contributed by atoms with Gasteiger partial charge in [0.05, 0.1) is 37.6 Å². The molecule has 5 heterocycles. The second-order valence-electron chi connectivity index (χ2n) is 21.5. The fourth-order valence-electron chi connectivity index (χ4n) is 14.6. The lowest BCUT2D eigenvalue weighted by atomic mass is 9.44. The third kappa shape index (κ3) is 7.50. The third-order valence-corrected chi connectivity index (χ3v) is 18.2. The summed E-state index contributed by atoms with van der Waals surface area (Å²) in [6, 6.07) is 0.